The molecule has 0 N–H and O–H groups in total. The Labute approximate surface area is 113 Å². The summed E-state index contributed by atoms with van der Waals surface area (Å²) in [5.41, 5.74) is 2.27. The van der Waals surface area contributed by atoms with Gasteiger partial charge in [-0.2, -0.15) is 0 Å². The fraction of sp³-hybridized carbons (Fsp3) is 0.467. The van der Waals surface area contributed by atoms with Gasteiger partial charge in [0.2, 0.25) is 5.91 Å². The Morgan fingerprint density at radius 3 is 2.58 bits per heavy atom. The Bertz CT molecular complexity index is 481. The number of hydrogen-bond donors (Lipinski definition) is 0. The second kappa shape index (κ2) is 5.43. The van der Waals surface area contributed by atoms with Crippen LogP contribution in [0.4, 0.5) is 0 Å². The molecule has 2 unspecified atom stereocenters. The molecule has 1 aliphatic rings. The monoisotopic (exact) mass is 261 g/mol. The zero-order chi connectivity index (χ0) is 14.0. The van der Waals surface area contributed by atoms with E-state index in [-0.39, 0.29) is 30.3 Å². The average molecular weight is 261 g/mol. The van der Waals surface area contributed by atoms with Crippen molar-refractivity contribution in [3.05, 3.63) is 35.4 Å². The van der Waals surface area contributed by atoms with Crippen LogP contribution in [-0.4, -0.2) is 29.9 Å². The van der Waals surface area contributed by atoms with Crippen molar-refractivity contribution in [1.29, 1.82) is 0 Å². The highest BCUT2D eigenvalue weighted by Crippen LogP contribution is 2.28. The number of carbonyl (C=O) groups is 2. The second-order valence-electron chi connectivity index (χ2n) is 5.08. The lowest BCUT2D eigenvalue weighted by Gasteiger charge is -2.24. The van der Waals surface area contributed by atoms with Gasteiger partial charge >= 0.3 is 5.97 Å². The summed E-state index contributed by atoms with van der Waals surface area (Å²) in [6.07, 6.45) is 0.250. The van der Waals surface area contributed by atoms with Crippen LogP contribution in [-0.2, 0) is 20.9 Å². The first-order valence-electron chi connectivity index (χ1n) is 6.45. The Hall–Kier alpha value is -1.84. The number of methoxy groups -OCH3 is 1. The lowest BCUT2D eigenvalue weighted by Crippen LogP contribution is -2.34. The zero-order valence-corrected chi connectivity index (χ0v) is 11.6. The van der Waals surface area contributed by atoms with E-state index < -0.39 is 0 Å². The minimum atomic E-state index is -0.344. The smallest absolute Gasteiger partial charge is 0.311 e. The number of likely N-dealkylation sites (tertiary alicyclic amines) is 1. The van der Waals surface area contributed by atoms with E-state index in [4.69, 9.17) is 4.74 Å². The molecule has 1 aliphatic heterocycles. The molecule has 1 aromatic carbocycles. The summed E-state index contributed by atoms with van der Waals surface area (Å²) in [7, 11) is 1.36. The van der Waals surface area contributed by atoms with Gasteiger partial charge in [-0.3, -0.25) is 9.59 Å². The van der Waals surface area contributed by atoms with Crippen molar-refractivity contribution in [2.75, 3.05) is 7.11 Å². The van der Waals surface area contributed by atoms with Gasteiger partial charge in [0.25, 0.3) is 0 Å². The molecule has 19 heavy (non-hydrogen) atoms. The molecule has 0 spiro atoms. The molecule has 4 nitrogen and oxygen atoms in total. The Kier molecular flexibility index (Phi) is 3.88. The number of hydrogen-bond acceptors (Lipinski definition) is 3. The van der Waals surface area contributed by atoms with E-state index in [1.54, 1.807) is 4.90 Å². The normalized spacial score (nSPS) is 22.7. The summed E-state index contributed by atoms with van der Waals surface area (Å²) in [4.78, 5) is 25.4. The van der Waals surface area contributed by atoms with Gasteiger partial charge < -0.3 is 9.64 Å². The molecule has 0 radical (unpaired) electrons. The molecule has 1 saturated heterocycles. The predicted molar refractivity (Wildman–Crippen MR) is 71.3 cm³/mol. The molecule has 0 aliphatic carbocycles. The van der Waals surface area contributed by atoms with Gasteiger partial charge in [0, 0.05) is 19.0 Å². The zero-order valence-electron chi connectivity index (χ0n) is 11.6. The van der Waals surface area contributed by atoms with Gasteiger partial charge in [-0.15, -0.1) is 0 Å². The lowest BCUT2D eigenvalue weighted by molar-refractivity contribution is -0.146. The van der Waals surface area contributed by atoms with Gasteiger partial charge in [-0.05, 0) is 19.4 Å². The first-order valence-corrected chi connectivity index (χ1v) is 6.45. The molecule has 1 heterocycles. The van der Waals surface area contributed by atoms with Crippen molar-refractivity contribution in [1.82, 2.24) is 4.90 Å². The number of esters is 1. The van der Waals surface area contributed by atoms with Gasteiger partial charge in [-0.1, -0.05) is 29.8 Å². The summed E-state index contributed by atoms with van der Waals surface area (Å²) in [6.45, 7) is 4.48. The Morgan fingerprint density at radius 2 is 2.00 bits per heavy atom. The van der Waals surface area contributed by atoms with Crippen LogP contribution < -0.4 is 0 Å². The largest absolute Gasteiger partial charge is 0.469 e. The van der Waals surface area contributed by atoms with Crippen LogP contribution in [0.5, 0.6) is 0 Å². The topological polar surface area (TPSA) is 46.6 Å². The first-order chi connectivity index (χ1) is 9.02. The van der Waals surface area contributed by atoms with Crippen molar-refractivity contribution in [2.45, 2.75) is 32.9 Å². The molecule has 0 saturated carbocycles. The van der Waals surface area contributed by atoms with Gasteiger partial charge in [0.1, 0.15) is 0 Å². The highest BCUT2D eigenvalue weighted by molar-refractivity contribution is 5.87. The maximum atomic E-state index is 12.0. The summed E-state index contributed by atoms with van der Waals surface area (Å²) in [5, 5.41) is 0. The molecule has 4 heteroatoms. The van der Waals surface area contributed by atoms with Crippen molar-refractivity contribution in [3.8, 4) is 0 Å². The third-order valence-corrected chi connectivity index (χ3v) is 3.77. The Balaban J connectivity index is 2.10. The maximum absolute atomic E-state index is 12.0. The van der Waals surface area contributed by atoms with Crippen LogP contribution in [0, 0.1) is 12.8 Å². The molecule has 2 atom stereocenters. The van der Waals surface area contributed by atoms with Crippen molar-refractivity contribution in [2.24, 2.45) is 5.92 Å². The molecule has 1 fully saturated rings. The minimum absolute atomic E-state index is 0.0171. The molecule has 102 valence electrons. The molecular weight excluding hydrogens is 242 g/mol. The predicted octanol–water partition coefficient (Wildman–Crippen LogP) is 1.91. The second-order valence-corrected chi connectivity index (χ2v) is 5.08. The minimum Gasteiger partial charge on any atom is -0.469 e. The summed E-state index contributed by atoms with van der Waals surface area (Å²) in [6, 6.07) is 7.97. The average Bonchev–Trinajstić information content (AvgIpc) is 2.68. The number of benzene rings is 1. The van der Waals surface area contributed by atoms with E-state index in [9.17, 15) is 9.59 Å². The van der Waals surface area contributed by atoms with Gasteiger partial charge in [-0.25, -0.2) is 0 Å². The highest BCUT2D eigenvalue weighted by atomic mass is 16.5. The van der Waals surface area contributed by atoms with E-state index >= 15 is 0 Å². The third kappa shape index (κ3) is 2.78. The quantitative estimate of drug-likeness (QED) is 0.781. The van der Waals surface area contributed by atoms with Crippen LogP contribution in [0.15, 0.2) is 24.3 Å². The van der Waals surface area contributed by atoms with Crippen LogP contribution in [0.3, 0.4) is 0 Å². The van der Waals surface area contributed by atoms with Crippen molar-refractivity contribution >= 4 is 11.9 Å². The lowest BCUT2D eigenvalue weighted by atomic mass is 10.0. The van der Waals surface area contributed by atoms with E-state index in [1.165, 1.54) is 12.7 Å². The third-order valence-electron chi connectivity index (χ3n) is 3.77. The van der Waals surface area contributed by atoms with Crippen molar-refractivity contribution in [3.63, 3.8) is 0 Å². The number of amides is 1. The summed E-state index contributed by atoms with van der Waals surface area (Å²) < 4.78 is 4.75. The van der Waals surface area contributed by atoms with E-state index in [2.05, 4.69) is 0 Å². The van der Waals surface area contributed by atoms with Crippen LogP contribution in [0.25, 0.3) is 0 Å². The van der Waals surface area contributed by atoms with Gasteiger partial charge in [0.15, 0.2) is 0 Å². The van der Waals surface area contributed by atoms with E-state index in [0.717, 1.165) is 5.56 Å². The maximum Gasteiger partial charge on any atom is 0.311 e. The first kappa shape index (κ1) is 13.6. The van der Waals surface area contributed by atoms with Gasteiger partial charge in [0.05, 0.1) is 13.0 Å². The molecule has 1 aromatic rings. The van der Waals surface area contributed by atoms with E-state index in [1.807, 2.05) is 38.1 Å². The fourth-order valence-corrected chi connectivity index (χ4v) is 2.47. The standard InChI is InChI=1S/C15H19NO3/c1-10-4-6-12(7-5-10)9-16-11(2)13(8-14(16)17)15(18)19-3/h4-7,11,13H,8-9H2,1-3H3. The molecule has 1 amide bonds. The Morgan fingerprint density at radius 1 is 1.37 bits per heavy atom. The number of ether oxygens (including phenoxy) is 1. The molecule has 2 rings (SSSR count). The number of nitrogens with zero attached hydrogens (tertiary/aromatic N) is 1. The van der Waals surface area contributed by atoms with Crippen LogP contribution in [0.2, 0.25) is 0 Å². The number of carbonyl (C=O) groups excluding carboxylic acids is 2. The number of rotatable bonds is 3. The molecular formula is C15H19NO3. The fourth-order valence-electron chi connectivity index (χ4n) is 2.47. The summed E-state index contributed by atoms with van der Waals surface area (Å²) in [5.74, 6) is -0.626. The molecule has 0 bridgehead atoms. The summed E-state index contributed by atoms with van der Waals surface area (Å²) >= 11 is 0. The highest BCUT2D eigenvalue weighted by Gasteiger charge is 2.41. The SMILES string of the molecule is COC(=O)C1CC(=O)N(Cc2ccc(C)cc2)C1C. The van der Waals surface area contributed by atoms with E-state index in [0.29, 0.717) is 6.54 Å². The van der Waals surface area contributed by atoms with Crippen molar-refractivity contribution < 1.29 is 14.3 Å². The number of aryl methyl sites for hydroxylation is 1. The van der Waals surface area contributed by atoms with Crippen LogP contribution >= 0.6 is 0 Å². The molecule has 0 aromatic heterocycles. The van der Waals surface area contributed by atoms with Crippen LogP contribution in [0.1, 0.15) is 24.5 Å².